The molecule has 0 saturated carbocycles. The number of para-hydroxylation sites is 1. The average molecular weight is 439 g/mol. The lowest BCUT2D eigenvalue weighted by atomic mass is 10.2. The van der Waals surface area contributed by atoms with E-state index in [0.717, 1.165) is 16.5 Å². The molecule has 0 unspecified atom stereocenters. The van der Waals surface area contributed by atoms with Gasteiger partial charge in [0.1, 0.15) is 0 Å². The summed E-state index contributed by atoms with van der Waals surface area (Å²) in [7, 11) is 0. The molecule has 30 heavy (non-hydrogen) atoms. The highest BCUT2D eigenvalue weighted by Crippen LogP contribution is 2.30. The van der Waals surface area contributed by atoms with E-state index < -0.39 is 0 Å². The molecule has 0 aliphatic rings. The summed E-state index contributed by atoms with van der Waals surface area (Å²) in [6, 6.07) is 13.0. The van der Waals surface area contributed by atoms with Crippen molar-refractivity contribution in [2.24, 2.45) is 5.10 Å². The zero-order chi connectivity index (χ0) is 20.5. The van der Waals surface area contributed by atoms with Crippen LogP contribution in [0.4, 0.5) is 17.3 Å². The van der Waals surface area contributed by atoms with Crippen molar-refractivity contribution in [1.82, 2.24) is 25.3 Å². The third kappa shape index (κ3) is 3.51. The highest BCUT2D eigenvalue weighted by molar-refractivity contribution is 6.35. The summed E-state index contributed by atoms with van der Waals surface area (Å²) in [5.41, 5.74) is 5.86. The summed E-state index contributed by atoms with van der Waals surface area (Å²) in [5.74, 6) is 0.642. The molecule has 0 aliphatic carbocycles. The molecule has 0 radical (unpaired) electrons. The van der Waals surface area contributed by atoms with Gasteiger partial charge in [-0.05, 0) is 34.6 Å². The zero-order valence-corrected chi connectivity index (χ0v) is 16.6. The van der Waals surface area contributed by atoms with Crippen LogP contribution >= 0.6 is 23.2 Å². The number of nitrogens with one attached hydrogen (secondary N) is 3. The van der Waals surface area contributed by atoms with Crippen LogP contribution in [-0.4, -0.2) is 31.5 Å². The molecule has 0 bridgehead atoms. The number of hydrogen-bond donors (Lipinski definition) is 3. The van der Waals surface area contributed by atoms with Gasteiger partial charge in [-0.25, -0.2) is 9.61 Å². The fourth-order valence-corrected chi connectivity index (χ4v) is 3.22. The van der Waals surface area contributed by atoms with Crippen LogP contribution in [0.3, 0.4) is 0 Å². The molecule has 0 atom stereocenters. The Morgan fingerprint density at radius 3 is 2.67 bits per heavy atom. The van der Waals surface area contributed by atoms with Gasteiger partial charge in [-0.2, -0.15) is 10.1 Å². The molecule has 0 spiro atoms. The summed E-state index contributed by atoms with van der Waals surface area (Å²) in [4.78, 5) is 11.9. The number of aromatic nitrogens is 5. The van der Waals surface area contributed by atoms with Crippen LogP contribution in [0.15, 0.2) is 58.4 Å². The van der Waals surface area contributed by atoms with Gasteiger partial charge in [0.15, 0.2) is 11.6 Å². The van der Waals surface area contributed by atoms with Crippen LogP contribution in [0, 0.1) is 0 Å². The molecule has 11 heteroatoms. The third-order valence-electron chi connectivity index (χ3n) is 4.29. The number of rotatable bonds is 5. The van der Waals surface area contributed by atoms with Crippen molar-refractivity contribution in [3.63, 3.8) is 0 Å². The first-order chi connectivity index (χ1) is 14.7. The number of benzene rings is 2. The lowest BCUT2D eigenvalue weighted by molar-refractivity contribution is 0.314. The molecule has 3 heterocycles. The van der Waals surface area contributed by atoms with Crippen LogP contribution < -0.4 is 10.7 Å². The van der Waals surface area contributed by atoms with Gasteiger partial charge in [-0.3, -0.25) is 5.43 Å². The van der Waals surface area contributed by atoms with Crippen LogP contribution in [0.25, 0.3) is 22.2 Å². The molecule has 5 aromatic rings. The first-order valence-electron chi connectivity index (χ1n) is 8.75. The molecule has 9 nitrogen and oxygen atoms in total. The largest absolute Gasteiger partial charge is 0.361 e. The van der Waals surface area contributed by atoms with E-state index in [-0.39, 0.29) is 11.3 Å². The average Bonchev–Trinajstić information content (AvgIpc) is 3.37. The molecule has 0 aliphatic heterocycles. The number of H-pyrrole nitrogens is 1. The van der Waals surface area contributed by atoms with Crippen molar-refractivity contribution in [3.05, 3.63) is 64.3 Å². The Morgan fingerprint density at radius 1 is 1.00 bits per heavy atom. The fraction of sp³-hybridized carbons (Fsp3) is 0. The number of nitrogens with zero attached hydrogens (tertiary/aromatic N) is 5. The SMILES string of the molecule is Clc1ccc(Cl)c(Nc2nc3nonc3nc2N/N=C/c2c[nH]c3ccccc23)c1. The molecule has 0 fully saturated rings. The predicted molar refractivity (Wildman–Crippen MR) is 117 cm³/mol. The van der Waals surface area contributed by atoms with Gasteiger partial charge in [0, 0.05) is 27.7 Å². The molecule has 5 rings (SSSR count). The topological polar surface area (TPSA) is 117 Å². The number of halogens is 2. The molecule has 3 N–H and O–H groups in total. The second-order valence-electron chi connectivity index (χ2n) is 6.24. The molecule has 3 aromatic heterocycles. The normalized spacial score (nSPS) is 11.5. The Bertz CT molecular complexity index is 1390. The summed E-state index contributed by atoms with van der Waals surface area (Å²) < 4.78 is 4.71. The van der Waals surface area contributed by atoms with Crippen molar-refractivity contribution in [1.29, 1.82) is 0 Å². The van der Waals surface area contributed by atoms with Gasteiger partial charge in [0.05, 0.1) is 16.9 Å². The maximum absolute atomic E-state index is 6.25. The Morgan fingerprint density at radius 2 is 1.80 bits per heavy atom. The van der Waals surface area contributed by atoms with Gasteiger partial charge in [-0.1, -0.05) is 41.4 Å². The van der Waals surface area contributed by atoms with E-state index in [1.165, 1.54) is 0 Å². The van der Waals surface area contributed by atoms with Crippen molar-refractivity contribution >= 4 is 68.9 Å². The molecular weight excluding hydrogens is 427 g/mol. The first-order valence-corrected chi connectivity index (χ1v) is 9.50. The van der Waals surface area contributed by atoms with E-state index in [0.29, 0.717) is 27.4 Å². The van der Waals surface area contributed by atoms with E-state index >= 15 is 0 Å². The minimum atomic E-state index is 0.238. The van der Waals surface area contributed by atoms with Gasteiger partial charge < -0.3 is 10.3 Å². The van der Waals surface area contributed by atoms with Crippen molar-refractivity contribution in [2.75, 3.05) is 10.7 Å². The fourth-order valence-electron chi connectivity index (χ4n) is 2.89. The first kappa shape index (κ1) is 18.3. The van der Waals surface area contributed by atoms with E-state index in [1.54, 1.807) is 24.4 Å². The maximum atomic E-state index is 6.25. The van der Waals surface area contributed by atoms with Crippen molar-refractivity contribution in [2.45, 2.75) is 0 Å². The van der Waals surface area contributed by atoms with Crippen molar-refractivity contribution < 1.29 is 4.63 Å². The second-order valence-corrected chi connectivity index (χ2v) is 7.08. The van der Waals surface area contributed by atoms with E-state index in [9.17, 15) is 0 Å². The van der Waals surface area contributed by atoms with Gasteiger partial charge >= 0.3 is 0 Å². The van der Waals surface area contributed by atoms with Gasteiger partial charge in [0.25, 0.3) is 0 Å². The third-order valence-corrected chi connectivity index (χ3v) is 4.86. The monoisotopic (exact) mass is 438 g/mol. The Balaban J connectivity index is 1.48. The second kappa shape index (κ2) is 7.62. The van der Waals surface area contributed by atoms with Crippen molar-refractivity contribution in [3.8, 4) is 0 Å². The molecule has 0 amide bonds. The Kier molecular flexibility index (Phi) is 4.66. The zero-order valence-electron chi connectivity index (χ0n) is 15.1. The highest BCUT2D eigenvalue weighted by Gasteiger charge is 2.14. The van der Waals surface area contributed by atoms with Gasteiger partial charge in [0.2, 0.25) is 11.3 Å². The quantitative estimate of drug-likeness (QED) is 0.261. The minimum Gasteiger partial charge on any atom is -0.361 e. The smallest absolute Gasteiger partial charge is 0.245 e. The van der Waals surface area contributed by atoms with Crippen LogP contribution in [-0.2, 0) is 0 Å². The number of fused-ring (bicyclic) bond motifs is 2. The van der Waals surface area contributed by atoms with E-state index in [2.05, 4.69) is 41.1 Å². The number of aromatic amines is 1. The standard InChI is InChI=1S/C19H12Cl2N8O/c20-11-5-6-13(21)15(7-11)24-16-17(26-19-18(25-16)28-30-29-19)27-23-9-10-8-22-14-4-2-1-3-12(10)14/h1-9,22H,(H,24,25,28)(H,26,27,29)/b23-9+. The number of hydrogen-bond acceptors (Lipinski definition) is 8. The minimum absolute atomic E-state index is 0.238. The number of anilines is 3. The highest BCUT2D eigenvalue weighted by atomic mass is 35.5. The maximum Gasteiger partial charge on any atom is 0.245 e. The van der Waals surface area contributed by atoms with Crippen LogP contribution in [0.1, 0.15) is 5.56 Å². The van der Waals surface area contributed by atoms with E-state index in [1.807, 2.05) is 30.5 Å². The summed E-state index contributed by atoms with van der Waals surface area (Å²) >= 11 is 12.3. The summed E-state index contributed by atoms with van der Waals surface area (Å²) in [6.07, 6.45) is 3.55. The molecule has 148 valence electrons. The predicted octanol–water partition coefficient (Wildman–Crippen LogP) is 4.99. The lowest BCUT2D eigenvalue weighted by Gasteiger charge is -2.10. The Labute approximate surface area is 179 Å². The van der Waals surface area contributed by atoms with E-state index in [4.69, 9.17) is 27.8 Å². The lowest BCUT2D eigenvalue weighted by Crippen LogP contribution is -2.03. The molecule has 2 aromatic carbocycles. The summed E-state index contributed by atoms with van der Waals surface area (Å²) in [6.45, 7) is 0. The molecule has 0 saturated heterocycles. The van der Waals surface area contributed by atoms with Crippen LogP contribution in [0.2, 0.25) is 10.0 Å². The van der Waals surface area contributed by atoms with Gasteiger partial charge in [-0.15, -0.1) is 0 Å². The Hall–Kier alpha value is -3.69. The number of hydrazone groups is 1. The summed E-state index contributed by atoms with van der Waals surface area (Å²) in [5, 5.41) is 16.9. The van der Waals surface area contributed by atoms with Crippen LogP contribution in [0.5, 0.6) is 0 Å². The molecular formula is C19H12Cl2N8O.